The number of aliphatic imine (C=N–C) groups is 1. The number of hydrogen-bond acceptors (Lipinski definition) is 4. The van der Waals surface area contributed by atoms with Crippen LogP contribution in [0.5, 0.6) is 5.75 Å². The highest BCUT2D eigenvalue weighted by Crippen LogP contribution is 2.16. The molecule has 0 unspecified atom stereocenters. The number of nitrogens with one attached hydrogen (secondary N) is 1. The van der Waals surface area contributed by atoms with Gasteiger partial charge in [0.2, 0.25) is 5.91 Å². The predicted octanol–water partition coefficient (Wildman–Crippen LogP) is 1.48. The van der Waals surface area contributed by atoms with Gasteiger partial charge in [0.1, 0.15) is 24.7 Å². The Hall–Kier alpha value is -2.37. The monoisotopic (exact) mass is 502 g/mol. The number of guanidine groups is 1. The van der Waals surface area contributed by atoms with Gasteiger partial charge in [-0.05, 0) is 24.3 Å². The fourth-order valence-corrected chi connectivity index (χ4v) is 2.87. The average Bonchev–Trinajstić information content (AvgIpc) is 3.09. The number of carbonyl (C=O) groups excluding carboxylic acids is 1. The molecule has 1 aliphatic heterocycles. The quantitative estimate of drug-likeness (QED) is 0.290. The Morgan fingerprint density at radius 1 is 1.32 bits per heavy atom. The van der Waals surface area contributed by atoms with Gasteiger partial charge >= 0.3 is 0 Å². The topological polar surface area (TPSA) is 75.0 Å². The third kappa shape index (κ3) is 5.57. The molecule has 1 N–H and O–H groups in total. The first-order valence-electron chi connectivity index (χ1n) is 8.70. The molecule has 10 heteroatoms. The molecule has 1 fully saturated rings. The Morgan fingerprint density at radius 3 is 2.68 bits per heavy atom. The van der Waals surface area contributed by atoms with Crippen LogP contribution in [0, 0.1) is 5.82 Å². The number of aromatic nitrogens is 2. The van der Waals surface area contributed by atoms with E-state index in [2.05, 4.69) is 15.4 Å². The number of nitrogens with zero attached hydrogens (tertiary/aromatic N) is 5. The maximum atomic E-state index is 12.9. The third-order valence-electron chi connectivity index (χ3n) is 4.20. The molecule has 0 bridgehead atoms. The molecule has 1 aromatic carbocycles. The van der Waals surface area contributed by atoms with Gasteiger partial charge in [0.05, 0.1) is 18.4 Å². The molecular formula is C18H24FIN6O2. The van der Waals surface area contributed by atoms with Crippen LogP contribution in [0.15, 0.2) is 41.7 Å². The van der Waals surface area contributed by atoms with E-state index in [9.17, 15) is 9.18 Å². The van der Waals surface area contributed by atoms with E-state index in [1.54, 1.807) is 35.0 Å². The van der Waals surface area contributed by atoms with Crippen LogP contribution in [-0.2, 0) is 11.8 Å². The van der Waals surface area contributed by atoms with E-state index in [4.69, 9.17) is 4.74 Å². The Bertz CT molecular complexity index is 811. The Kier molecular flexibility index (Phi) is 8.03. The summed E-state index contributed by atoms with van der Waals surface area (Å²) in [6.07, 6.45) is 3.51. The highest BCUT2D eigenvalue weighted by molar-refractivity contribution is 14.0. The van der Waals surface area contributed by atoms with Crippen LogP contribution in [0.1, 0.15) is 0 Å². The van der Waals surface area contributed by atoms with Crippen molar-refractivity contribution < 1.29 is 13.9 Å². The molecule has 1 aliphatic rings. The highest BCUT2D eigenvalue weighted by atomic mass is 127. The largest absolute Gasteiger partial charge is 0.492 e. The summed E-state index contributed by atoms with van der Waals surface area (Å²) in [6, 6.07) is 5.88. The number of amides is 1. The molecule has 2 aromatic rings. The van der Waals surface area contributed by atoms with Gasteiger partial charge in [0.25, 0.3) is 0 Å². The van der Waals surface area contributed by atoms with Gasteiger partial charge in [0.15, 0.2) is 5.96 Å². The summed E-state index contributed by atoms with van der Waals surface area (Å²) in [5.41, 5.74) is 0.804. The van der Waals surface area contributed by atoms with Gasteiger partial charge in [-0.2, -0.15) is 5.10 Å². The number of benzene rings is 1. The predicted molar refractivity (Wildman–Crippen MR) is 116 cm³/mol. The molecule has 1 amide bonds. The fourth-order valence-electron chi connectivity index (χ4n) is 2.87. The zero-order chi connectivity index (χ0) is 19.2. The number of carbonyl (C=O) groups is 1. The lowest BCUT2D eigenvalue weighted by Gasteiger charge is -2.35. The molecular weight excluding hydrogens is 478 g/mol. The van der Waals surface area contributed by atoms with Crippen molar-refractivity contribution >= 4 is 41.5 Å². The number of hydrogen-bond donors (Lipinski definition) is 1. The molecule has 0 spiro atoms. The second-order valence-corrected chi connectivity index (χ2v) is 6.12. The van der Waals surface area contributed by atoms with Crippen molar-refractivity contribution in [3.05, 3.63) is 42.5 Å². The summed E-state index contributed by atoms with van der Waals surface area (Å²) >= 11 is 0. The van der Waals surface area contributed by atoms with Crippen molar-refractivity contribution in [2.45, 2.75) is 0 Å². The van der Waals surface area contributed by atoms with Crippen molar-refractivity contribution in [1.82, 2.24) is 20.0 Å². The van der Waals surface area contributed by atoms with Crippen molar-refractivity contribution in [3.63, 3.8) is 0 Å². The van der Waals surface area contributed by atoms with Gasteiger partial charge in [-0.25, -0.2) is 4.39 Å². The van der Waals surface area contributed by atoms with Gasteiger partial charge in [0, 0.05) is 33.4 Å². The lowest BCUT2D eigenvalue weighted by molar-refractivity contribution is -0.120. The fraction of sp³-hybridized carbons (Fsp3) is 0.389. The van der Waals surface area contributed by atoms with Crippen molar-refractivity contribution in [2.24, 2.45) is 12.0 Å². The Balaban J connectivity index is 0.00000280. The first-order valence-corrected chi connectivity index (χ1v) is 8.70. The number of ether oxygens (including phenoxy) is 1. The highest BCUT2D eigenvalue weighted by Gasteiger charge is 2.27. The standard InChI is InChI=1S/C18H23FN6O2.HI/c1-20-18(21-7-10-27-16-5-3-14(19)4-6-16)24-8-9-25(17(26)13-24)15-11-22-23(2)12-15;/h3-6,11-12H,7-10,13H2,1-2H3,(H,20,21);1H. The number of rotatable bonds is 5. The summed E-state index contributed by atoms with van der Waals surface area (Å²) in [6.45, 7) is 2.39. The van der Waals surface area contributed by atoms with E-state index in [0.717, 1.165) is 5.69 Å². The van der Waals surface area contributed by atoms with Gasteiger partial charge in [-0.1, -0.05) is 0 Å². The minimum atomic E-state index is -0.295. The van der Waals surface area contributed by atoms with Crippen LogP contribution < -0.4 is 15.0 Å². The first kappa shape index (κ1) is 21.9. The van der Waals surface area contributed by atoms with Crippen molar-refractivity contribution in [2.75, 3.05) is 44.7 Å². The van der Waals surface area contributed by atoms with Gasteiger partial charge < -0.3 is 19.9 Å². The molecule has 1 saturated heterocycles. The number of aryl methyl sites for hydroxylation is 1. The van der Waals surface area contributed by atoms with Crippen molar-refractivity contribution in [3.8, 4) is 5.75 Å². The average molecular weight is 502 g/mol. The van der Waals surface area contributed by atoms with Crippen LogP contribution in [0.2, 0.25) is 0 Å². The van der Waals surface area contributed by atoms with Crippen LogP contribution >= 0.6 is 24.0 Å². The van der Waals surface area contributed by atoms with Crippen LogP contribution in [-0.4, -0.2) is 66.4 Å². The summed E-state index contributed by atoms with van der Waals surface area (Å²) in [4.78, 5) is 20.4. The Morgan fingerprint density at radius 2 is 2.07 bits per heavy atom. The summed E-state index contributed by atoms with van der Waals surface area (Å²) in [7, 11) is 3.51. The number of anilines is 1. The third-order valence-corrected chi connectivity index (χ3v) is 4.20. The summed E-state index contributed by atoms with van der Waals surface area (Å²) in [5.74, 6) is 0.959. The lowest BCUT2D eigenvalue weighted by atomic mass is 10.3. The molecule has 0 saturated carbocycles. The van der Waals surface area contributed by atoms with Gasteiger partial charge in [-0.3, -0.25) is 14.5 Å². The van der Waals surface area contributed by atoms with E-state index in [-0.39, 0.29) is 42.2 Å². The number of piperazine rings is 1. The van der Waals surface area contributed by atoms with E-state index < -0.39 is 0 Å². The summed E-state index contributed by atoms with van der Waals surface area (Å²) < 4.78 is 20.1. The van der Waals surface area contributed by atoms with E-state index in [1.807, 2.05) is 18.1 Å². The molecule has 3 rings (SSSR count). The summed E-state index contributed by atoms with van der Waals surface area (Å²) in [5, 5.41) is 7.30. The SMILES string of the molecule is CN=C(NCCOc1ccc(F)cc1)N1CCN(c2cnn(C)c2)C(=O)C1.I. The smallest absolute Gasteiger partial charge is 0.246 e. The second kappa shape index (κ2) is 10.2. The zero-order valence-electron chi connectivity index (χ0n) is 15.8. The normalized spacial score (nSPS) is 14.7. The minimum Gasteiger partial charge on any atom is -0.492 e. The van der Waals surface area contributed by atoms with E-state index >= 15 is 0 Å². The minimum absolute atomic E-state index is 0. The first-order chi connectivity index (χ1) is 13.1. The second-order valence-electron chi connectivity index (χ2n) is 6.12. The maximum Gasteiger partial charge on any atom is 0.246 e. The zero-order valence-corrected chi connectivity index (χ0v) is 18.2. The molecule has 0 radical (unpaired) electrons. The molecule has 0 aliphatic carbocycles. The van der Waals surface area contributed by atoms with Gasteiger partial charge in [-0.15, -0.1) is 24.0 Å². The molecule has 28 heavy (non-hydrogen) atoms. The lowest BCUT2D eigenvalue weighted by Crippen LogP contribution is -2.55. The van der Waals surface area contributed by atoms with Crippen LogP contribution in [0.3, 0.4) is 0 Å². The number of halogens is 2. The maximum absolute atomic E-state index is 12.9. The Labute approximate surface area is 180 Å². The molecule has 1 aromatic heterocycles. The molecule has 0 atom stereocenters. The van der Waals surface area contributed by atoms with Crippen molar-refractivity contribution in [1.29, 1.82) is 0 Å². The van der Waals surface area contributed by atoms with Crippen LogP contribution in [0.25, 0.3) is 0 Å². The molecule has 8 nitrogen and oxygen atoms in total. The van der Waals surface area contributed by atoms with E-state index in [1.165, 1.54) is 12.1 Å². The van der Waals surface area contributed by atoms with Crippen LogP contribution in [0.4, 0.5) is 10.1 Å². The van der Waals surface area contributed by atoms with E-state index in [0.29, 0.717) is 38.0 Å². The molecule has 2 heterocycles. The molecule has 152 valence electrons.